The van der Waals surface area contributed by atoms with Gasteiger partial charge in [-0.05, 0) is 54.7 Å². The Morgan fingerprint density at radius 3 is 2.08 bits per heavy atom. The summed E-state index contributed by atoms with van der Waals surface area (Å²) in [4.78, 5) is 23.1. The van der Waals surface area contributed by atoms with E-state index in [-0.39, 0.29) is 21.9 Å². The fourth-order valence-electron chi connectivity index (χ4n) is 1.83. The fraction of sp³-hybridized carbons (Fsp3) is 0.0625. The molecule has 5 nitrogen and oxygen atoms in total. The molecule has 0 unspecified atom stereocenters. The lowest BCUT2D eigenvalue weighted by Crippen LogP contribution is -2.32. The summed E-state index contributed by atoms with van der Waals surface area (Å²) in [5.74, 6) is -0.595. The maximum atomic E-state index is 12.2. The van der Waals surface area contributed by atoms with Crippen LogP contribution in [0.25, 0.3) is 0 Å². The second-order valence-electron chi connectivity index (χ2n) is 4.79. The van der Waals surface area contributed by atoms with Crippen molar-refractivity contribution in [3.63, 3.8) is 0 Å². The summed E-state index contributed by atoms with van der Waals surface area (Å²) >= 11 is 16.8. The second kappa shape index (κ2) is 8.10. The number of halogens is 2. The van der Waals surface area contributed by atoms with Crippen molar-refractivity contribution in [2.45, 2.75) is 6.92 Å². The Hall–Kier alpha value is -2.15. The molecule has 0 atom stereocenters. The molecule has 2 aromatic rings. The van der Waals surface area contributed by atoms with Crippen molar-refractivity contribution < 1.29 is 9.59 Å². The van der Waals surface area contributed by atoms with Crippen LogP contribution >= 0.6 is 35.4 Å². The Balaban J connectivity index is 2.02. The van der Waals surface area contributed by atoms with Gasteiger partial charge in [0.25, 0.3) is 5.91 Å². The molecular formula is C16H13Cl2N3O2S. The Bertz CT molecular complexity index is 794. The zero-order valence-corrected chi connectivity index (χ0v) is 14.9. The first kappa shape index (κ1) is 18.2. The van der Waals surface area contributed by atoms with Crippen molar-refractivity contribution >= 4 is 63.7 Å². The average molecular weight is 382 g/mol. The van der Waals surface area contributed by atoms with Gasteiger partial charge in [0.2, 0.25) is 5.91 Å². The van der Waals surface area contributed by atoms with Gasteiger partial charge in [-0.3, -0.25) is 9.59 Å². The van der Waals surface area contributed by atoms with Crippen molar-refractivity contribution in [1.82, 2.24) is 5.32 Å². The lowest BCUT2D eigenvalue weighted by molar-refractivity contribution is -0.117. The maximum absolute atomic E-state index is 12.2. The molecule has 0 spiro atoms. The van der Waals surface area contributed by atoms with Crippen LogP contribution < -0.4 is 16.0 Å². The minimum atomic E-state index is -0.342. The van der Waals surface area contributed by atoms with Gasteiger partial charge in [-0.2, -0.15) is 0 Å². The summed E-state index contributed by atoms with van der Waals surface area (Å²) in [5.41, 5.74) is 1.59. The highest BCUT2D eigenvalue weighted by Gasteiger charge is 2.11. The Kier molecular flexibility index (Phi) is 6.14. The number of rotatable bonds is 3. The largest absolute Gasteiger partial charge is 0.332 e. The van der Waals surface area contributed by atoms with Gasteiger partial charge in [-0.1, -0.05) is 23.2 Å². The lowest BCUT2D eigenvalue weighted by Gasteiger charge is -2.10. The number of hydrogen-bond donors (Lipinski definition) is 3. The third-order valence-corrected chi connectivity index (χ3v) is 3.62. The molecule has 124 valence electrons. The van der Waals surface area contributed by atoms with E-state index in [1.165, 1.54) is 13.0 Å². The third-order valence-electron chi connectivity index (χ3n) is 2.87. The molecule has 2 amide bonds. The summed E-state index contributed by atoms with van der Waals surface area (Å²) in [6.45, 7) is 1.37. The van der Waals surface area contributed by atoms with Crippen LogP contribution in [0.4, 0.5) is 11.4 Å². The molecule has 0 aliphatic heterocycles. The third kappa shape index (κ3) is 5.19. The van der Waals surface area contributed by atoms with Crippen molar-refractivity contribution in [2.75, 3.05) is 10.6 Å². The van der Waals surface area contributed by atoms with Gasteiger partial charge < -0.3 is 16.0 Å². The molecular weight excluding hydrogens is 369 g/mol. The van der Waals surface area contributed by atoms with Crippen LogP contribution in [0.5, 0.6) is 0 Å². The van der Waals surface area contributed by atoms with Crippen LogP contribution in [0.15, 0.2) is 42.5 Å². The van der Waals surface area contributed by atoms with Gasteiger partial charge in [-0.15, -0.1) is 0 Å². The Morgan fingerprint density at radius 1 is 0.958 bits per heavy atom. The van der Waals surface area contributed by atoms with E-state index in [4.69, 9.17) is 35.4 Å². The van der Waals surface area contributed by atoms with E-state index in [1.807, 2.05) is 0 Å². The van der Waals surface area contributed by atoms with Crippen LogP contribution in [0.1, 0.15) is 17.3 Å². The topological polar surface area (TPSA) is 70.2 Å². The normalized spacial score (nSPS) is 9.96. The monoisotopic (exact) mass is 381 g/mol. The molecule has 0 bridgehead atoms. The van der Waals surface area contributed by atoms with Gasteiger partial charge in [-0.25, -0.2) is 0 Å². The quantitative estimate of drug-likeness (QED) is 0.700. The number of amides is 2. The van der Waals surface area contributed by atoms with Crippen LogP contribution in [0, 0.1) is 0 Å². The number of benzene rings is 2. The SMILES string of the molecule is CC(=O)NC(=S)Nc1ccc(NC(=O)c2ccc(Cl)cc2Cl)cc1. The summed E-state index contributed by atoms with van der Waals surface area (Å²) in [6.07, 6.45) is 0. The first-order valence-corrected chi connectivity index (χ1v) is 7.96. The van der Waals surface area contributed by atoms with E-state index in [9.17, 15) is 9.59 Å². The van der Waals surface area contributed by atoms with Gasteiger partial charge in [0, 0.05) is 23.3 Å². The molecule has 0 saturated heterocycles. The highest BCUT2D eigenvalue weighted by molar-refractivity contribution is 7.80. The minimum Gasteiger partial charge on any atom is -0.332 e. The van der Waals surface area contributed by atoms with E-state index in [2.05, 4.69) is 16.0 Å². The fourth-order valence-corrected chi connectivity index (χ4v) is 2.59. The first-order chi connectivity index (χ1) is 11.3. The predicted molar refractivity (Wildman–Crippen MR) is 101 cm³/mol. The highest BCUT2D eigenvalue weighted by atomic mass is 35.5. The van der Waals surface area contributed by atoms with Crippen molar-refractivity contribution in [1.29, 1.82) is 0 Å². The summed E-state index contributed by atoms with van der Waals surface area (Å²) in [5, 5.41) is 8.98. The molecule has 8 heteroatoms. The summed E-state index contributed by atoms with van der Waals surface area (Å²) in [6, 6.07) is 11.5. The van der Waals surface area contributed by atoms with Gasteiger partial charge >= 0.3 is 0 Å². The molecule has 0 radical (unpaired) electrons. The molecule has 0 aliphatic carbocycles. The van der Waals surface area contributed by atoms with Crippen LogP contribution in [-0.2, 0) is 4.79 Å². The van der Waals surface area contributed by atoms with E-state index < -0.39 is 0 Å². The van der Waals surface area contributed by atoms with Gasteiger partial charge in [0.15, 0.2) is 5.11 Å². The number of carbonyl (C=O) groups excluding carboxylic acids is 2. The lowest BCUT2D eigenvalue weighted by atomic mass is 10.2. The highest BCUT2D eigenvalue weighted by Crippen LogP contribution is 2.22. The Morgan fingerprint density at radius 2 is 1.54 bits per heavy atom. The average Bonchev–Trinajstić information content (AvgIpc) is 2.48. The zero-order valence-electron chi connectivity index (χ0n) is 12.5. The van der Waals surface area contributed by atoms with E-state index in [0.29, 0.717) is 22.0 Å². The van der Waals surface area contributed by atoms with Crippen LogP contribution in [-0.4, -0.2) is 16.9 Å². The van der Waals surface area contributed by atoms with Gasteiger partial charge in [0.05, 0.1) is 10.6 Å². The van der Waals surface area contributed by atoms with Crippen molar-refractivity contribution in [3.05, 3.63) is 58.1 Å². The van der Waals surface area contributed by atoms with E-state index in [0.717, 1.165) is 0 Å². The molecule has 24 heavy (non-hydrogen) atoms. The second-order valence-corrected chi connectivity index (χ2v) is 6.04. The van der Waals surface area contributed by atoms with Gasteiger partial charge in [0.1, 0.15) is 0 Å². The Labute approximate surface area is 154 Å². The van der Waals surface area contributed by atoms with E-state index in [1.54, 1.807) is 36.4 Å². The minimum absolute atomic E-state index is 0.201. The molecule has 0 heterocycles. The van der Waals surface area contributed by atoms with Crippen molar-refractivity contribution in [2.24, 2.45) is 0 Å². The van der Waals surface area contributed by atoms with Crippen LogP contribution in [0.2, 0.25) is 10.0 Å². The molecule has 2 aromatic carbocycles. The number of nitrogens with one attached hydrogen (secondary N) is 3. The summed E-state index contributed by atoms with van der Waals surface area (Å²) in [7, 11) is 0. The predicted octanol–water partition coefficient (Wildman–Crippen LogP) is 4.08. The number of thiocarbonyl (C=S) groups is 1. The maximum Gasteiger partial charge on any atom is 0.257 e. The molecule has 0 aromatic heterocycles. The smallest absolute Gasteiger partial charge is 0.257 e. The summed E-state index contributed by atoms with van der Waals surface area (Å²) < 4.78 is 0. The van der Waals surface area contributed by atoms with Crippen LogP contribution in [0.3, 0.4) is 0 Å². The number of hydrogen-bond acceptors (Lipinski definition) is 3. The molecule has 0 fully saturated rings. The zero-order chi connectivity index (χ0) is 17.7. The number of carbonyl (C=O) groups is 2. The van der Waals surface area contributed by atoms with E-state index >= 15 is 0 Å². The molecule has 0 aliphatic rings. The molecule has 3 N–H and O–H groups in total. The molecule has 0 saturated carbocycles. The number of anilines is 2. The first-order valence-electron chi connectivity index (χ1n) is 6.80. The van der Waals surface area contributed by atoms with Crippen molar-refractivity contribution in [3.8, 4) is 0 Å². The standard InChI is InChI=1S/C16H13Cl2N3O2S/c1-9(22)19-16(24)21-12-5-3-11(4-6-12)20-15(23)13-7-2-10(17)8-14(13)18/h2-8H,1H3,(H,20,23)(H2,19,21,22,24). The molecule has 2 rings (SSSR count).